The topological polar surface area (TPSA) is 70.7 Å². The molecular weight excluding hydrogens is 306 g/mol. The van der Waals surface area contributed by atoms with Crippen molar-refractivity contribution < 1.29 is 14.3 Å². The van der Waals surface area contributed by atoms with Gasteiger partial charge in [-0.1, -0.05) is 6.07 Å². The van der Waals surface area contributed by atoms with E-state index in [1.165, 1.54) is 19.4 Å². The monoisotopic (exact) mass is 331 g/mol. The molecule has 0 spiro atoms. The maximum atomic E-state index is 12.1. The van der Waals surface area contributed by atoms with E-state index < -0.39 is 0 Å². The lowest BCUT2D eigenvalue weighted by Crippen LogP contribution is -2.34. The Kier molecular flexibility index (Phi) is 5.35. The summed E-state index contributed by atoms with van der Waals surface area (Å²) in [6.07, 6.45) is 3.85. The molecule has 3 rings (SSSR count). The van der Waals surface area contributed by atoms with Crippen molar-refractivity contribution >= 4 is 17.5 Å². The number of benzene rings is 1. The summed E-state index contributed by atoms with van der Waals surface area (Å²) in [5.74, 6) is 1.18. The molecule has 0 aliphatic carbocycles. The lowest BCUT2D eigenvalue weighted by molar-refractivity contribution is -0.120. The number of fused-ring (bicyclic) bond motifs is 1. The first-order valence-electron chi connectivity index (χ1n) is 8.61. The van der Waals surface area contributed by atoms with Crippen LogP contribution in [0.15, 0.2) is 18.2 Å². The number of rotatable bonds is 5. The highest BCUT2D eigenvalue weighted by atomic mass is 16.5. The smallest absolute Gasteiger partial charge is 0.262 e. The first-order chi connectivity index (χ1) is 11.6. The molecule has 2 aliphatic rings. The third-order valence-corrected chi connectivity index (χ3v) is 4.64. The van der Waals surface area contributed by atoms with Crippen LogP contribution in [0.4, 0.5) is 5.69 Å². The molecule has 0 aromatic heterocycles. The van der Waals surface area contributed by atoms with Gasteiger partial charge in [0.15, 0.2) is 6.61 Å². The third kappa shape index (κ3) is 4.47. The zero-order valence-corrected chi connectivity index (χ0v) is 14.1. The summed E-state index contributed by atoms with van der Waals surface area (Å²) in [6.45, 7) is 3.08. The Labute approximate surface area is 142 Å². The molecule has 1 saturated heterocycles. The molecule has 2 N–H and O–H groups in total. The average molecular weight is 331 g/mol. The summed E-state index contributed by atoms with van der Waals surface area (Å²) in [5.41, 5.74) is 1.51. The first-order valence-corrected chi connectivity index (χ1v) is 8.61. The van der Waals surface area contributed by atoms with Gasteiger partial charge in [0, 0.05) is 13.1 Å². The molecule has 1 aromatic carbocycles. The van der Waals surface area contributed by atoms with Crippen molar-refractivity contribution in [2.45, 2.75) is 25.7 Å². The molecule has 2 heterocycles. The quantitative estimate of drug-likeness (QED) is 0.856. The fourth-order valence-corrected chi connectivity index (χ4v) is 3.41. The standard InChI is InChI=1S/C18H25N3O3/c1-21-8-2-3-13(11-21)6-7-19-17(22)10-14-4-5-16-15(9-14)20-18(23)12-24-16/h4-5,9,13H,2-3,6-8,10-12H2,1H3,(H,19,22)(H,20,23)/t13-/m1/s1. The van der Waals surface area contributed by atoms with Gasteiger partial charge < -0.3 is 20.3 Å². The minimum Gasteiger partial charge on any atom is -0.482 e. The molecule has 0 bridgehead atoms. The number of hydrogen-bond acceptors (Lipinski definition) is 4. The Morgan fingerprint density at radius 3 is 3.17 bits per heavy atom. The molecule has 0 unspecified atom stereocenters. The first kappa shape index (κ1) is 16.8. The van der Waals surface area contributed by atoms with Crippen LogP contribution in [0.5, 0.6) is 5.75 Å². The van der Waals surface area contributed by atoms with E-state index in [2.05, 4.69) is 22.6 Å². The summed E-state index contributed by atoms with van der Waals surface area (Å²) in [5, 5.41) is 5.77. The predicted molar refractivity (Wildman–Crippen MR) is 92.1 cm³/mol. The summed E-state index contributed by atoms with van der Waals surface area (Å²) in [7, 11) is 2.16. The van der Waals surface area contributed by atoms with Crippen LogP contribution < -0.4 is 15.4 Å². The average Bonchev–Trinajstić information content (AvgIpc) is 2.54. The Hall–Kier alpha value is -2.08. The van der Waals surface area contributed by atoms with Crippen LogP contribution in [-0.2, 0) is 16.0 Å². The molecule has 0 radical (unpaired) electrons. The zero-order valence-electron chi connectivity index (χ0n) is 14.1. The second-order valence-corrected chi connectivity index (χ2v) is 6.75. The van der Waals surface area contributed by atoms with Gasteiger partial charge in [-0.3, -0.25) is 9.59 Å². The molecule has 2 amide bonds. The van der Waals surface area contributed by atoms with Crippen molar-refractivity contribution in [1.82, 2.24) is 10.2 Å². The maximum Gasteiger partial charge on any atom is 0.262 e. The van der Waals surface area contributed by atoms with E-state index in [9.17, 15) is 9.59 Å². The number of piperidine rings is 1. The summed E-state index contributed by atoms with van der Waals surface area (Å²) < 4.78 is 5.32. The molecule has 2 aliphatic heterocycles. The lowest BCUT2D eigenvalue weighted by atomic mass is 9.95. The van der Waals surface area contributed by atoms with Gasteiger partial charge in [0.1, 0.15) is 5.75 Å². The molecule has 6 heteroatoms. The van der Waals surface area contributed by atoms with Gasteiger partial charge in [-0.2, -0.15) is 0 Å². The Bertz CT molecular complexity index is 618. The zero-order chi connectivity index (χ0) is 16.9. The van der Waals surface area contributed by atoms with E-state index >= 15 is 0 Å². The number of anilines is 1. The number of ether oxygens (including phenoxy) is 1. The van der Waals surface area contributed by atoms with E-state index in [0.717, 1.165) is 25.1 Å². The van der Waals surface area contributed by atoms with Crippen LogP contribution in [0.3, 0.4) is 0 Å². The number of likely N-dealkylation sites (tertiary alicyclic amines) is 1. The van der Waals surface area contributed by atoms with Crippen molar-refractivity contribution in [1.29, 1.82) is 0 Å². The molecule has 24 heavy (non-hydrogen) atoms. The minimum absolute atomic E-state index is 0.0159. The minimum atomic E-state index is -0.165. The highest BCUT2D eigenvalue weighted by molar-refractivity contribution is 5.95. The highest BCUT2D eigenvalue weighted by Gasteiger charge is 2.18. The van der Waals surface area contributed by atoms with Crippen LogP contribution in [-0.4, -0.2) is 50.0 Å². The van der Waals surface area contributed by atoms with Gasteiger partial charge in [0.05, 0.1) is 12.1 Å². The number of hydrogen-bond donors (Lipinski definition) is 2. The Balaban J connectivity index is 1.45. The second kappa shape index (κ2) is 7.66. The van der Waals surface area contributed by atoms with Crippen LogP contribution in [0.1, 0.15) is 24.8 Å². The van der Waals surface area contributed by atoms with Crippen molar-refractivity contribution in [3.05, 3.63) is 23.8 Å². The Morgan fingerprint density at radius 2 is 2.33 bits per heavy atom. The van der Waals surface area contributed by atoms with Crippen molar-refractivity contribution in [2.75, 3.05) is 38.6 Å². The fourth-order valence-electron chi connectivity index (χ4n) is 3.41. The Morgan fingerprint density at radius 1 is 1.46 bits per heavy atom. The molecule has 1 fully saturated rings. The van der Waals surface area contributed by atoms with Crippen LogP contribution in [0.2, 0.25) is 0 Å². The molecule has 6 nitrogen and oxygen atoms in total. The number of amides is 2. The van der Waals surface area contributed by atoms with Crippen molar-refractivity contribution in [3.63, 3.8) is 0 Å². The molecule has 1 atom stereocenters. The largest absolute Gasteiger partial charge is 0.482 e. The van der Waals surface area contributed by atoms with Gasteiger partial charge in [-0.15, -0.1) is 0 Å². The summed E-state index contributed by atoms with van der Waals surface area (Å²) in [4.78, 5) is 25.8. The van der Waals surface area contributed by atoms with Gasteiger partial charge in [-0.05, 0) is 56.5 Å². The highest BCUT2D eigenvalue weighted by Crippen LogP contribution is 2.28. The number of nitrogens with zero attached hydrogens (tertiary/aromatic N) is 1. The van der Waals surface area contributed by atoms with Crippen LogP contribution in [0.25, 0.3) is 0 Å². The molecular formula is C18H25N3O3. The second-order valence-electron chi connectivity index (χ2n) is 6.75. The molecule has 130 valence electrons. The number of carbonyl (C=O) groups excluding carboxylic acids is 2. The maximum absolute atomic E-state index is 12.1. The lowest BCUT2D eigenvalue weighted by Gasteiger charge is -2.29. The molecule has 1 aromatic rings. The SMILES string of the molecule is CN1CCC[C@H](CCNC(=O)Cc2ccc3c(c2)NC(=O)CO3)C1. The van der Waals surface area contributed by atoms with Gasteiger partial charge >= 0.3 is 0 Å². The summed E-state index contributed by atoms with van der Waals surface area (Å²) in [6, 6.07) is 5.48. The van der Waals surface area contributed by atoms with E-state index in [0.29, 0.717) is 23.8 Å². The van der Waals surface area contributed by atoms with Gasteiger partial charge in [0.25, 0.3) is 5.91 Å². The van der Waals surface area contributed by atoms with E-state index in [-0.39, 0.29) is 18.4 Å². The van der Waals surface area contributed by atoms with Crippen LogP contribution >= 0.6 is 0 Å². The van der Waals surface area contributed by atoms with E-state index in [4.69, 9.17) is 4.74 Å². The number of nitrogens with one attached hydrogen (secondary N) is 2. The van der Waals surface area contributed by atoms with E-state index in [1.807, 2.05) is 12.1 Å². The van der Waals surface area contributed by atoms with Crippen LogP contribution in [0, 0.1) is 5.92 Å². The predicted octanol–water partition coefficient (Wildman–Crippen LogP) is 1.41. The number of carbonyl (C=O) groups is 2. The summed E-state index contributed by atoms with van der Waals surface area (Å²) >= 11 is 0. The van der Waals surface area contributed by atoms with Crippen molar-refractivity contribution in [3.8, 4) is 5.75 Å². The third-order valence-electron chi connectivity index (χ3n) is 4.64. The fraction of sp³-hybridized carbons (Fsp3) is 0.556. The van der Waals surface area contributed by atoms with Gasteiger partial charge in [0.2, 0.25) is 5.91 Å². The van der Waals surface area contributed by atoms with Crippen molar-refractivity contribution in [2.24, 2.45) is 5.92 Å². The van der Waals surface area contributed by atoms with Gasteiger partial charge in [-0.25, -0.2) is 0 Å². The van der Waals surface area contributed by atoms with E-state index in [1.54, 1.807) is 6.07 Å². The molecule has 0 saturated carbocycles. The normalized spacial score (nSPS) is 20.7.